The topological polar surface area (TPSA) is 122 Å². The second-order valence-electron chi connectivity index (χ2n) is 9.01. The summed E-state index contributed by atoms with van der Waals surface area (Å²) in [4.78, 5) is 41.4. The minimum absolute atomic E-state index is 0.0455. The fourth-order valence-corrected chi connectivity index (χ4v) is 4.10. The Morgan fingerprint density at radius 3 is 2.29 bits per heavy atom. The lowest BCUT2D eigenvalue weighted by Crippen LogP contribution is -2.30. The van der Waals surface area contributed by atoms with E-state index in [4.69, 9.17) is 9.72 Å². The number of carbonyl (C=O) groups is 3. The van der Waals surface area contributed by atoms with Crippen molar-refractivity contribution in [2.75, 3.05) is 18.5 Å². The first-order valence-corrected chi connectivity index (χ1v) is 12.3. The van der Waals surface area contributed by atoms with Gasteiger partial charge in [0.1, 0.15) is 23.7 Å². The largest absolute Gasteiger partial charge is 0.481 e. The van der Waals surface area contributed by atoms with Gasteiger partial charge in [0.05, 0.1) is 19.1 Å². The van der Waals surface area contributed by atoms with E-state index in [1.807, 2.05) is 62.4 Å². The Bertz CT molecular complexity index is 1460. The number of anilines is 1. The van der Waals surface area contributed by atoms with E-state index < -0.39 is 23.9 Å². The number of nitrogens with one attached hydrogen (secondary N) is 2. The summed E-state index contributed by atoms with van der Waals surface area (Å²) < 4.78 is 6.81. The summed E-state index contributed by atoms with van der Waals surface area (Å²) >= 11 is 0. The molecule has 0 fully saturated rings. The predicted octanol–water partition coefficient (Wildman–Crippen LogP) is 4.54. The van der Waals surface area contributed by atoms with Crippen LogP contribution in [0.3, 0.4) is 0 Å². The molecule has 0 spiro atoms. The lowest BCUT2D eigenvalue weighted by atomic mass is 10.0. The number of fused-ring (bicyclic) bond motifs is 1. The smallest absolute Gasteiger partial charge is 0.325 e. The third kappa shape index (κ3) is 6.18. The molecule has 2 heterocycles. The first-order valence-electron chi connectivity index (χ1n) is 12.3. The highest BCUT2D eigenvalue weighted by Gasteiger charge is 2.21. The third-order valence-corrected chi connectivity index (χ3v) is 6.08. The van der Waals surface area contributed by atoms with Crippen molar-refractivity contribution in [1.82, 2.24) is 14.7 Å². The molecule has 4 rings (SSSR count). The van der Waals surface area contributed by atoms with Crippen LogP contribution in [0.2, 0.25) is 0 Å². The average Bonchev–Trinajstić information content (AvgIpc) is 3.25. The summed E-state index contributed by atoms with van der Waals surface area (Å²) in [7, 11) is 0. The molecule has 2 aromatic heterocycles. The number of rotatable bonds is 10. The highest BCUT2D eigenvalue weighted by Crippen LogP contribution is 2.29. The monoisotopic (exact) mass is 514 g/mol. The molecular formula is C29H30N4O5. The van der Waals surface area contributed by atoms with Gasteiger partial charge in [0.2, 0.25) is 0 Å². The lowest BCUT2D eigenvalue weighted by Gasteiger charge is -2.18. The molecule has 3 N–H and O–H groups in total. The Balaban J connectivity index is 1.67. The first kappa shape index (κ1) is 26.4. The number of carboxylic acids is 1. The maximum Gasteiger partial charge on any atom is 0.325 e. The number of carboxylic acid groups (broad SMARTS) is 1. The van der Waals surface area contributed by atoms with Crippen molar-refractivity contribution in [3.63, 3.8) is 0 Å². The van der Waals surface area contributed by atoms with Crippen molar-refractivity contribution in [2.24, 2.45) is 0 Å². The van der Waals surface area contributed by atoms with Gasteiger partial charge in [0, 0.05) is 17.3 Å². The molecule has 0 aliphatic carbocycles. The van der Waals surface area contributed by atoms with E-state index in [0.29, 0.717) is 28.3 Å². The quantitative estimate of drug-likeness (QED) is 0.266. The number of hydrogen-bond donors (Lipinski definition) is 3. The molecule has 0 saturated heterocycles. The molecule has 1 amide bonds. The zero-order valence-electron chi connectivity index (χ0n) is 21.5. The molecule has 2 aromatic carbocycles. The van der Waals surface area contributed by atoms with E-state index in [9.17, 15) is 19.5 Å². The minimum atomic E-state index is -1.01. The molecule has 196 valence electrons. The first-order chi connectivity index (χ1) is 18.2. The number of benzene rings is 2. The summed E-state index contributed by atoms with van der Waals surface area (Å²) in [6.07, 6.45) is 1.44. The molecule has 0 aliphatic heterocycles. The number of aliphatic carboxylic acids is 1. The molecule has 1 unspecified atom stereocenters. The van der Waals surface area contributed by atoms with Crippen LogP contribution in [-0.4, -0.2) is 45.5 Å². The SMILES string of the molecule is CCOC(=O)CNc1c(-c2ccc(C)cc2)nc2cc(C(=O)NC(CC(=O)O)c3ccc(C)cc3)ccn12. The van der Waals surface area contributed by atoms with Crippen LogP contribution in [0.25, 0.3) is 16.9 Å². The van der Waals surface area contributed by atoms with E-state index in [1.54, 1.807) is 29.7 Å². The second-order valence-corrected chi connectivity index (χ2v) is 9.01. The number of hydrogen-bond acceptors (Lipinski definition) is 6. The second kappa shape index (κ2) is 11.6. The van der Waals surface area contributed by atoms with Crippen LogP contribution in [-0.2, 0) is 14.3 Å². The standard InChI is InChI=1S/C29H30N4O5/c1-4-38-26(36)17-30-28-27(21-11-7-19(3)8-12-21)32-24-15-22(13-14-33(24)28)29(37)31-23(16-25(34)35)20-9-5-18(2)6-10-20/h5-15,23,30H,4,16-17H2,1-3H3,(H,31,37)(H,34,35). The van der Waals surface area contributed by atoms with Crippen LogP contribution >= 0.6 is 0 Å². The Morgan fingerprint density at radius 2 is 1.66 bits per heavy atom. The van der Waals surface area contributed by atoms with Crippen molar-refractivity contribution in [2.45, 2.75) is 33.2 Å². The number of esters is 1. The predicted molar refractivity (Wildman–Crippen MR) is 144 cm³/mol. The Kier molecular flexibility index (Phi) is 8.06. The van der Waals surface area contributed by atoms with Crippen molar-refractivity contribution >= 4 is 29.3 Å². The van der Waals surface area contributed by atoms with Gasteiger partial charge < -0.3 is 20.5 Å². The van der Waals surface area contributed by atoms with E-state index in [0.717, 1.165) is 16.7 Å². The molecule has 0 saturated carbocycles. The number of ether oxygens (including phenoxy) is 1. The van der Waals surface area contributed by atoms with E-state index in [2.05, 4.69) is 10.6 Å². The molecule has 1 atom stereocenters. The van der Waals surface area contributed by atoms with Crippen molar-refractivity contribution in [1.29, 1.82) is 0 Å². The number of amides is 1. The van der Waals surface area contributed by atoms with E-state index >= 15 is 0 Å². The van der Waals surface area contributed by atoms with Gasteiger partial charge in [0.25, 0.3) is 5.91 Å². The molecular weight excluding hydrogens is 484 g/mol. The number of aromatic nitrogens is 2. The summed E-state index contributed by atoms with van der Waals surface area (Å²) in [6, 6.07) is 17.8. The molecule has 0 aliphatic rings. The molecule has 0 radical (unpaired) electrons. The third-order valence-electron chi connectivity index (χ3n) is 6.08. The lowest BCUT2D eigenvalue weighted by molar-refractivity contribution is -0.141. The van der Waals surface area contributed by atoms with Gasteiger partial charge in [0.15, 0.2) is 0 Å². The van der Waals surface area contributed by atoms with Crippen LogP contribution < -0.4 is 10.6 Å². The molecule has 0 bridgehead atoms. The van der Waals surface area contributed by atoms with Gasteiger partial charge >= 0.3 is 11.9 Å². The van der Waals surface area contributed by atoms with Gasteiger partial charge in [-0.3, -0.25) is 18.8 Å². The van der Waals surface area contributed by atoms with Crippen molar-refractivity contribution in [3.8, 4) is 11.3 Å². The van der Waals surface area contributed by atoms with Crippen LogP contribution in [0, 0.1) is 13.8 Å². The van der Waals surface area contributed by atoms with Gasteiger partial charge in [-0.25, -0.2) is 4.98 Å². The maximum absolute atomic E-state index is 13.2. The fraction of sp³-hybridized carbons (Fsp3) is 0.241. The van der Waals surface area contributed by atoms with Gasteiger partial charge in [-0.05, 0) is 38.5 Å². The summed E-state index contributed by atoms with van der Waals surface area (Å²) in [5, 5.41) is 15.4. The summed E-state index contributed by atoms with van der Waals surface area (Å²) in [5.74, 6) is -1.24. The van der Waals surface area contributed by atoms with Crippen molar-refractivity contribution in [3.05, 3.63) is 89.1 Å². The zero-order valence-corrected chi connectivity index (χ0v) is 21.5. The minimum Gasteiger partial charge on any atom is -0.481 e. The van der Waals surface area contributed by atoms with Crippen LogP contribution in [0.1, 0.15) is 46.4 Å². The average molecular weight is 515 g/mol. The number of nitrogens with zero attached hydrogens (tertiary/aromatic N) is 2. The Hall–Kier alpha value is -4.66. The molecule has 9 nitrogen and oxygen atoms in total. The fourth-order valence-electron chi connectivity index (χ4n) is 4.10. The molecule has 9 heteroatoms. The highest BCUT2D eigenvalue weighted by molar-refractivity contribution is 5.96. The normalized spacial score (nSPS) is 11.7. The Morgan fingerprint density at radius 1 is 1.00 bits per heavy atom. The highest BCUT2D eigenvalue weighted by atomic mass is 16.5. The number of imidazole rings is 1. The van der Waals surface area contributed by atoms with Gasteiger partial charge in [-0.2, -0.15) is 0 Å². The van der Waals surface area contributed by atoms with Crippen LogP contribution in [0.4, 0.5) is 5.82 Å². The van der Waals surface area contributed by atoms with Gasteiger partial charge in [-0.15, -0.1) is 0 Å². The van der Waals surface area contributed by atoms with E-state index in [-0.39, 0.29) is 19.6 Å². The van der Waals surface area contributed by atoms with Crippen LogP contribution in [0.15, 0.2) is 66.9 Å². The summed E-state index contributed by atoms with van der Waals surface area (Å²) in [5.41, 5.74) is 5.13. The number of carbonyl (C=O) groups excluding carboxylic acids is 2. The zero-order chi connectivity index (χ0) is 27.2. The molecule has 4 aromatic rings. The maximum atomic E-state index is 13.2. The number of aryl methyl sites for hydroxylation is 2. The Labute approximate surface area is 220 Å². The van der Waals surface area contributed by atoms with Crippen molar-refractivity contribution < 1.29 is 24.2 Å². The van der Waals surface area contributed by atoms with E-state index in [1.165, 1.54) is 0 Å². The van der Waals surface area contributed by atoms with Gasteiger partial charge in [-0.1, -0.05) is 59.7 Å². The van der Waals surface area contributed by atoms with Crippen LogP contribution in [0.5, 0.6) is 0 Å². The molecule has 38 heavy (non-hydrogen) atoms. The number of pyridine rings is 1. The summed E-state index contributed by atoms with van der Waals surface area (Å²) in [6.45, 7) is 5.91.